The quantitative estimate of drug-likeness (QED) is 0.649. The number of fused-ring (bicyclic) bond motifs is 1. The topological polar surface area (TPSA) is 24.9 Å². The van der Waals surface area contributed by atoms with E-state index >= 15 is 0 Å². The molecule has 0 unspecified atom stereocenters. The number of hydrogen-bond acceptors (Lipinski definition) is 2. The molecular weight excluding hydrogens is 315 g/mol. The normalized spacial score (nSPS) is 11.7. The summed E-state index contributed by atoms with van der Waals surface area (Å²) in [7, 11) is 0. The minimum Gasteiger partial charge on any atom is -0.353 e. The third-order valence-corrected chi connectivity index (χ3v) is 3.27. The zero-order valence-corrected chi connectivity index (χ0v) is 11.5. The van der Waals surface area contributed by atoms with Gasteiger partial charge in [-0.05, 0) is 36.4 Å². The lowest BCUT2D eigenvalue weighted by atomic mass is 10.1. The number of hydrogen-bond donors (Lipinski definition) is 1. The minimum absolute atomic E-state index is 0.0451. The van der Waals surface area contributed by atoms with Crippen LogP contribution in [0.25, 0.3) is 10.9 Å². The van der Waals surface area contributed by atoms with Gasteiger partial charge in [0.05, 0.1) is 16.8 Å². The fraction of sp³-hybridized carbons (Fsp3) is 0.0625. The molecule has 23 heavy (non-hydrogen) atoms. The van der Waals surface area contributed by atoms with Crippen LogP contribution in [0.5, 0.6) is 0 Å². The van der Waals surface area contributed by atoms with Crippen LogP contribution in [-0.4, -0.2) is 4.98 Å². The van der Waals surface area contributed by atoms with Gasteiger partial charge in [-0.2, -0.15) is 13.2 Å². The summed E-state index contributed by atoms with van der Waals surface area (Å²) in [6, 6.07) is 7.44. The van der Waals surface area contributed by atoms with Crippen molar-refractivity contribution in [3.63, 3.8) is 0 Å². The summed E-state index contributed by atoms with van der Waals surface area (Å²) in [5.41, 5.74) is -0.311. The van der Waals surface area contributed by atoms with E-state index < -0.39 is 23.4 Å². The highest BCUT2D eigenvalue weighted by molar-refractivity contribution is 5.93. The van der Waals surface area contributed by atoms with Gasteiger partial charge in [0.15, 0.2) is 0 Å². The average Bonchev–Trinajstić information content (AvgIpc) is 2.49. The molecule has 1 heterocycles. The Bertz CT molecular complexity index is 874. The van der Waals surface area contributed by atoms with Crippen molar-refractivity contribution < 1.29 is 22.0 Å². The largest absolute Gasteiger partial charge is 0.416 e. The summed E-state index contributed by atoms with van der Waals surface area (Å²) >= 11 is 0. The second-order valence-corrected chi connectivity index (χ2v) is 4.84. The van der Waals surface area contributed by atoms with Crippen molar-refractivity contribution in [3.05, 3.63) is 65.9 Å². The van der Waals surface area contributed by atoms with Gasteiger partial charge in [-0.1, -0.05) is 0 Å². The van der Waals surface area contributed by atoms with Crippen LogP contribution in [0.1, 0.15) is 5.56 Å². The predicted octanol–water partition coefficient (Wildman–Crippen LogP) is 5.28. The molecule has 0 bridgehead atoms. The van der Waals surface area contributed by atoms with Gasteiger partial charge < -0.3 is 5.32 Å². The number of aromatic nitrogens is 1. The van der Waals surface area contributed by atoms with Gasteiger partial charge in [-0.15, -0.1) is 0 Å². The molecule has 2 aromatic carbocycles. The highest BCUT2D eigenvalue weighted by Gasteiger charge is 2.30. The molecule has 1 N–H and O–H groups in total. The number of rotatable bonds is 2. The molecule has 1 aromatic heterocycles. The Kier molecular flexibility index (Phi) is 3.63. The average molecular weight is 324 g/mol. The Hall–Kier alpha value is -2.70. The Labute approximate surface area is 127 Å². The van der Waals surface area contributed by atoms with E-state index in [1.54, 1.807) is 0 Å². The van der Waals surface area contributed by atoms with Gasteiger partial charge in [0.1, 0.15) is 11.6 Å². The number of alkyl halides is 3. The fourth-order valence-corrected chi connectivity index (χ4v) is 2.17. The molecule has 0 saturated carbocycles. The van der Waals surface area contributed by atoms with E-state index in [4.69, 9.17) is 0 Å². The number of halogens is 5. The van der Waals surface area contributed by atoms with Gasteiger partial charge in [0, 0.05) is 23.3 Å². The maximum absolute atomic E-state index is 13.7. The van der Waals surface area contributed by atoms with Gasteiger partial charge >= 0.3 is 6.18 Å². The van der Waals surface area contributed by atoms with E-state index in [0.29, 0.717) is 11.6 Å². The van der Waals surface area contributed by atoms with Gasteiger partial charge in [0.2, 0.25) is 0 Å². The van der Waals surface area contributed by atoms with Crippen LogP contribution in [0.15, 0.2) is 48.7 Å². The third-order valence-electron chi connectivity index (χ3n) is 3.27. The van der Waals surface area contributed by atoms with Crippen LogP contribution in [0.3, 0.4) is 0 Å². The van der Waals surface area contributed by atoms with Crippen molar-refractivity contribution in [1.29, 1.82) is 0 Å². The van der Waals surface area contributed by atoms with Crippen LogP contribution < -0.4 is 5.32 Å². The van der Waals surface area contributed by atoms with E-state index in [9.17, 15) is 22.0 Å². The molecule has 0 atom stereocenters. The first-order chi connectivity index (χ1) is 10.8. The second-order valence-electron chi connectivity index (χ2n) is 4.84. The lowest BCUT2D eigenvalue weighted by Crippen LogP contribution is -2.05. The first kappa shape index (κ1) is 15.2. The molecule has 3 aromatic rings. The van der Waals surface area contributed by atoms with Crippen LogP contribution in [0.2, 0.25) is 0 Å². The number of pyridine rings is 1. The van der Waals surface area contributed by atoms with Crippen molar-refractivity contribution in [3.8, 4) is 0 Å². The van der Waals surface area contributed by atoms with Gasteiger partial charge in [-0.25, -0.2) is 8.78 Å². The Morgan fingerprint density at radius 2 is 1.65 bits per heavy atom. The maximum Gasteiger partial charge on any atom is 0.416 e. The van der Waals surface area contributed by atoms with Crippen LogP contribution in [0, 0.1) is 11.6 Å². The predicted molar refractivity (Wildman–Crippen MR) is 76.4 cm³/mol. The SMILES string of the molecule is Fc1ccc(Nc2ccnc3ccc(C(F)(F)F)cc23)c(F)c1. The van der Waals surface area contributed by atoms with Gasteiger partial charge in [-0.3, -0.25) is 4.98 Å². The standard InChI is InChI=1S/C16H9F5N2/c17-10-2-4-15(12(18)8-10)23-14-5-6-22-13-3-1-9(7-11(13)14)16(19,20)21/h1-8H,(H,22,23). The monoisotopic (exact) mass is 324 g/mol. The van der Waals surface area contributed by atoms with Crippen LogP contribution in [-0.2, 0) is 6.18 Å². The fourth-order valence-electron chi connectivity index (χ4n) is 2.17. The first-order valence-electron chi connectivity index (χ1n) is 6.52. The first-order valence-corrected chi connectivity index (χ1v) is 6.52. The number of anilines is 2. The third kappa shape index (κ3) is 3.08. The minimum atomic E-state index is -4.50. The number of nitrogens with one attached hydrogen (secondary N) is 1. The molecule has 0 aliphatic rings. The Balaban J connectivity index is 2.09. The molecule has 0 spiro atoms. The summed E-state index contributed by atoms with van der Waals surface area (Å²) in [4.78, 5) is 3.98. The molecule has 3 rings (SSSR count). The Morgan fingerprint density at radius 3 is 2.35 bits per heavy atom. The smallest absolute Gasteiger partial charge is 0.353 e. The molecule has 2 nitrogen and oxygen atoms in total. The zero-order valence-electron chi connectivity index (χ0n) is 11.5. The van der Waals surface area contributed by atoms with Crippen LogP contribution >= 0.6 is 0 Å². The molecule has 0 fully saturated rings. The van der Waals surface area contributed by atoms with E-state index in [1.165, 1.54) is 24.4 Å². The lowest BCUT2D eigenvalue weighted by molar-refractivity contribution is -0.137. The highest BCUT2D eigenvalue weighted by Crippen LogP contribution is 2.34. The second kappa shape index (κ2) is 5.49. The van der Waals surface area contributed by atoms with Crippen molar-refractivity contribution in [2.24, 2.45) is 0 Å². The molecule has 0 aliphatic heterocycles. The lowest BCUT2D eigenvalue weighted by Gasteiger charge is -2.12. The van der Waals surface area contributed by atoms with Crippen molar-refractivity contribution in [2.75, 3.05) is 5.32 Å². The molecule has 118 valence electrons. The molecule has 0 saturated heterocycles. The van der Waals surface area contributed by atoms with E-state index in [1.807, 2.05) is 0 Å². The molecule has 7 heteroatoms. The number of nitrogens with zero attached hydrogens (tertiary/aromatic N) is 1. The van der Waals surface area contributed by atoms with E-state index in [2.05, 4.69) is 10.3 Å². The van der Waals surface area contributed by atoms with Crippen molar-refractivity contribution in [1.82, 2.24) is 4.98 Å². The summed E-state index contributed by atoms with van der Waals surface area (Å²) in [5, 5.41) is 2.86. The highest BCUT2D eigenvalue weighted by atomic mass is 19.4. The maximum atomic E-state index is 13.7. The summed E-state index contributed by atoms with van der Waals surface area (Å²) < 4.78 is 65.1. The number of benzene rings is 2. The summed E-state index contributed by atoms with van der Waals surface area (Å²) in [5.74, 6) is -1.59. The van der Waals surface area contributed by atoms with Crippen molar-refractivity contribution in [2.45, 2.75) is 6.18 Å². The van der Waals surface area contributed by atoms with Crippen LogP contribution in [0.4, 0.5) is 33.3 Å². The molecule has 0 amide bonds. The summed E-state index contributed by atoms with van der Waals surface area (Å²) in [6.07, 6.45) is -3.11. The summed E-state index contributed by atoms with van der Waals surface area (Å²) in [6.45, 7) is 0. The van der Waals surface area contributed by atoms with Gasteiger partial charge in [0.25, 0.3) is 0 Å². The molecule has 0 radical (unpaired) electrons. The van der Waals surface area contributed by atoms with Crippen molar-refractivity contribution >= 4 is 22.3 Å². The molecule has 0 aliphatic carbocycles. The van der Waals surface area contributed by atoms with E-state index in [0.717, 1.165) is 18.2 Å². The Morgan fingerprint density at radius 1 is 0.870 bits per heavy atom. The van der Waals surface area contributed by atoms with E-state index in [-0.39, 0.29) is 16.8 Å². The zero-order chi connectivity index (χ0) is 16.6. The molecular formula is C16H9F5N2.